The molecule has 1 aromatic rings. The molecule has 14 heavy (non-hydrogen) atoms. The van der Waals surface area contributed by atoms with Crippen molar-refractivity contribution in [3.63, 3.8) is 0 Å². The van der Waals surface area contributed by atoms with Gasteiger partial charge in [-0.3, -0.25) is 0 Å². The summed E-state index contributed by atoms with van der Waals surface area (Å²) < 4.78 is 0.250. The van der Waals surface area contributed by atoms with E-state index in [1.807, 2.05) is 26.0 Å². The summed E-state index contributed by atoms with van der Waals surface area (Å²) in [5, 5.41) is 9.50. The van der Waals surface area contributed by atoms with Crippen LogP contribution in [-0.4, -0.2) is 5.11 Å². The molecule has 0 aromatic heterocycles. The maximum atomic E-state index is 9.50. The minimum atomic E-state index is 0.104. The molecule has 76 valence electrons. The second kappa shape index (κ2) is 4.72. The molecule has 1 nitrogen and oxygen atoms in total. The molecule has 0 aliphatic heterocycles. The highest BCUT2D eigenvalue weighted by atomic mass is 35.5. The fourth-order valence-corrected chi connectivity index (χ4v) is 1.79. The lowest BCUT2D eigenvalue weighted by atomic mass is 9.96. The minimum Gasteiger partial charge on any atom is -0.508 e. The average molecular weight is 231 g/mol. The van der Waals surface area contributed by atoms with Gasteiger partial charge in [-0.2, -0.15) is 0 Å². The molecule has 0 spiro atoms. The summed E-state index contributed by atoms with van der Waals surface area (Å²) in [6, 6.07) is 5.43. The van der Waals surface area contributed by atoms with Crippen molar-refractivity contribution in [2.24, 2.45) is 0 Å². The summed E-state index contributed by atoms with van der Waals surface area (Å²) in [4.78, 5) is 0. The van der Waals surface area contributed by atoms with Gasteiger partial charge in [0.25, 0.3) is 0 Å². The lowest BCUT2D eigenvalue weighted by Gasteiger charge is -2.11. The van der Waals surface area contributed by atoms with E-state index < -0.39 is 0 Å². The van der Waals surface area contributed by atoms with E-state index in [0.29, 0.717) is 5.75 Å². The van der Waals surface area contributed by atoms with Crippen molar-refractivity contribution in [3.05, 3.63) is 39.9 Å². The van der Waals surface area contributed by atoms with Crippen LogP contribution in [0, 0.1) is 6.92 Å². The number of halogens is 2. The molecule has 1 aromatic carbocycles. The second-order valence-electron chi connectivity index (χ2n) is 3.24. The Balaban J connectivity index is 3.07. The van der Waals surface area contributed by atoms with E-state index in [2.05, 4.69) is 0 Å². The molecule has 0 heterocycles. The van der Waals surface area contributed by atoms with Crippen molar-refractivity contribution in [2.45, 2.75) is 19.8 Å². The Kier molecular flexibility index (Phi) is 3.85. The molecule has 0 fully saturated rings. The van der Waals surface area contributed by atoms with Crippen molar-refractivity contribution in [2.75, 3.05) is 0 Å². The number of rotatable bonds is 2. The van der Waals surface area contributed by atoms with Crippen LogP contribution in [0.4, 0.5) is 0 Å². The van der Waals surface area contributed by atoms with Crippen LogP contribution in [0.15, 0.2) is 28.8 Å². The molecule has 3 heteroatoms. The van der Waals surface area contributed by atoms with Crippen molar-refractivity contribution in [1.82, 2.24) is 0 Å². The molecular formula is C11H12Cl2O. The quantitative estimate of drug-likeness (QED) is 0.811. The first-order valence-electron chi connectivity index (χ1n) is 4.33. The fraction of sp³-hybridized carbons (Fsp3) is 0.273. The molecule has 0 amide bonds. The number of allylic oxidation sites excluding steroid dienone is 1. The van der Waals surface area contributed by atoms with Crippen LogP contribution in [0.25, 0.3) is 0 Å². The molecule has 0 aliphatic rings. The number of benzene rings is 1. The van der Waals surface area contributed by atoms with Gasteiger partial charge < -0.3 is 5.11 Å². The predicted octanol–water partition coefficient (Wildman–Crippen LogP) is 4.12. The Morgan fingerprint density at radius 1 is 1.43 bits per heavy atom. The molecule has 0 bridgehead atoms. The first-order valence-corrected chi connectivity index (χ1v) is 5.09. The van der Waals surface area contributed by atoms with Crippen LogP contribution in [0.2, 0.25) is 0 Å². The van der Waals surface area contributed by atoms with Crippen LogP contribution in [0.5, 0.6) is 5.75 Å². The highest BCUT2D eigenvalue weighted by Gasteiger charge is 2.08. The van der Waals surface area contributed by atoms with Crippen molar-refractivity contribution < 1.29 is 5.11 Å². The molecule has 0 saturated heterocycles. The van der Waals surface area contributed by atoms with Crippen LogP contribution >= 0.6 is 23.2 Å². The third kappa shape index (κ3) is 2.66. The van der Waals surface area contributed by atoms with E-state index >= 15 is 0 Å². The molecule has 1 N–H and O–H groups in total. The maximum Gasteiger partial charge on any atom is 0.118 e. The van der Waals surface area contributed by atoms with E-state index in [9.17, 15) is 5.11 Å². The summed E-state index contributed by atoms with van der Waals surface area (Å²) in [5.74, 6) is 0.403. The maximum absolute atomic E-state index is 9.50. The highest BCUT2D eigenvalue weighted by Crippen LogP contribution is 2.28. The molecule has 1 atom stereocenters. The van der Waals surface area contributed by atoms with Gasteiger partial charge >= 0.3 is 0 Å². The zero-order valence-corrected chi connectivity index (χ0v) is 9.60. The average Bonchev–Trinajstić information content (AvgIpc) is 2.08. The van der Waals surface area contributed by atoms with E-state index in [0.717, 1.165) is 11.1 Å². The van der Waals surface area contributed by atoms with Crippen LogP contribution in [-0.2, 0) is 0 Å². The summed E-state index contributed by atoms with van der Waals surface area (Å²) in [6.45, 7) is 3.85. The Morgan fingerprint density at radius 2 is 2.07 bits per heavy atom. The Morgan fingerprint density at radius 3 is 2.64 bits per heavy atom. The van der Waals surface area contributed by atoms with Gasteiger partial charge in [-0.15, -0.1) is 0 Å². The van der Waals surface area contributed by atoms with E-state index in [1.165, 1.54) is 0 Å². The van der Waals surface area contributed by atoms with Crippen molar-refractivity contribution in [1.29, 1.82) is 0 Å². The van der Waals surface area contributed by atoms with E-state index in [-0.39, 0.29) is 10.4 Å². The molecule has 0 radical (unpaired) electrons. The van der Waals surface area contributed by atoms with Crippen LogP contribution < -0.4 is 0 Å². The Bertz CT molecular complexity index is 354. The first-order chi connectivity index (χ1) is 6.52. The molecule has 1 rings (SSSR count). The fourth-order valence-electron chi connectivity index (χ4n) is 1.41. The van der Waals surface area contributed by atoms with Gasteiger partial charge in [0.1, 0.15) is 10.2 Å². The Hall–Kier alpha value is -0.660. The van der Waals surface area contributed by atoms with Gasteiger partial charge in [-0.05, 0) is 30.2 Å². The highest BCUT2D eigenvalue weighted by molar-refractivity contribution is 6.55. The van der Waals surface area contributed by atoms with Crippen LogP contribution in [0.3, 0.4) is 0 Å². The minimum absolute atomic E-state index is 0.104. The summed E-state index contributed by atoms with van der Waals surface area (Å²) in [5.41, 5.74) is 1.90. The van der Waals surface area contributed by atoms with E-state index in [1.54, 1.807) is 12.1 Å². The topological polar surface area (TPSA) is 20.2 Å². The summed E-state index contributed by atoms with van der Waals surface area (Å²) in [6.07, 6.45) is 1.74. The van der Waals surface area contributed by atoms with Gasteiger partial charge in [0.05, 0.1) is 0 Å². The van der Waals surface area contributed by atoms with Gasteiger partial charge in [0.2, 0.25) is 0 Å². The monoisotopic (exact) mass is 230 g/mol. The number of phenolic OH excluding ortho intramolecular Hbond substituents is 1. The molecule has 1 unspecified atom stereocenters. The standard InChI is InChI=1S/C11H12Cl2O/c1-7(6-11(12)13)9-4-3-5-10(14)8(9)2/h3-7,14H,1-2H3. The normalized spacial score (nSPS) is 12.3. The zero-order chi connectivity index (χ0) is 10.7. The van der Waals surface area contributed by atoms with Crippen LogP contribution in [0.1, 0.15) is 24.0 Å². The number of hydrogen-bond donors (Lipinski definition) is 1. The summed E-state index contributed by atoms with van der Waals surface area (Å²) in [7, 11) is 0. The summed E-state index contributed by atoms with van der Waals surface area (Å²) >= 11 is 11.2. The number of hydrogen-bond acceptors (Lipinski definition) is 1. The third-order valence-corrected chi connectivity index (χ3v) is 2.47. The lowest BCUT2D eigenvalue weighted by Crippen LogP contribution is -1.93. The second-order valence-corrected chi connectivity index (χ2v) is 4.24. The predicted molar refractivity (Wildman–Crippen MR) is 61.0 cm³/mol. The van der Waals surface area contributed by atoms with Gasteiger partial charge in [0.15, 0.2) is 0 Å². The van der Waals surface area contributed by atoms with Gasteiger partial charge in [0, 0.05) is 5.92 Å². The van der Waals surface area contributed by atoms with Crippen molar-refractivity contribution in [3.8, 4) is 5.75 Å². The van der Waals surface area contributed by atoms with Crippen molar-refractivity contribution >= 4 is 23.2 Å². The molecule has 0 saturated carbocycles. The molecular weight excluding hydrogens is 219 g/mol. The SMILES string of the molecule is Cc1c(O)cccc1C(C)C=C(Cl)Cl. The molecule has 0 aliphatic carbocycles. The van der Waals surface area contributed by atoms with E-state index in [4.69, 9.17) is 23.2 Å². The largest absolute Gasteiger partial charge is 0.508 e. The first kappa shape index (κ1) is 11.4. The number of phenols is 1. The number of aromatic hydroxyl groups is 1. The smallest absolute Gasteiger partial charge is 0.118 e. The van der Waals surface area contributed by atoms with Gasteiger partial charge in [-0.1, -0.05) is 42.3 Å². The van der Waals surface area contributed by atoms with Gasteiger partial charge in [-0.25, -0.2) is 0 Å². The third-order valence-electron chi connectivity index (χ3n) is 2.21. The lowest BCUT2D eigenvalue weighted by molar-refractivity contribution is 0.470. The zero-order valence-electron chi connectivity index (χ0n) is 8.09. The Labute approximate surface area is 94.0 Å².